The fraction of sp³-hybridized carbons (Fsp3) is 0.350. The van der Waals surface area contributed by atoms with Gasteiger partial charge in [-0.2, -0.15) is 0 Å². The van der Waals surface area contributed by atoms with E-state index in [1.165, 1.54) is 11.8 Å². The first-order valence-corrected chi connectivity index (χ1v) is 11.3. The predicted molar refractivity (Wildman–Crippen MR) is 106 cm³/mol. The number of nitrogens with one attached hydrogen (secondary N) is 2. The second kappa shape index (κ2) is 6.96. The molecule has 1 amide bonds. The molecule has 1 aliphatic carbocycles. The minimum Gasteiger partial charge on any atom is -0.334 e. The summed E-state index contributed by atoms with van der Waals surface area (Å²) >= 11 is 1.53. The van der Waals surface area contributed by atoms with Crippen molar-refractivity contribution in [2.24, 2.45) is 0 Å². The lowest BCUT2D eigenvalue weighted by molar-refractivity contribution is -0.122. The summed E-state index contributed by atoms with van der Waals surface area (Å²) in [5.74, 6) is -0.181. The van der Waals surface area contributed by atoms with Crippen LogP contribution in [0, 0.1) is 0 Å². The molecule has 0 radical (unpaired) electrons. The van der Waals surface area contributed by atoms with Gasteiger partial charge in [-0.25, -0.2) is 8.42 Å². The zero-order chi connectivity index (χ0) is 19.0. The van der Waals surface area contributed by atoms with E-state index in [0.29, 0.717) is 13.0 Å². The Morgan fingerprint density at radius 3 is 2.15 bits per heavy atom. The summed E-state index contributed by atoms with van der Waals surface area (Å²) in [6, 6.07) is 18.2. The van der Waals surface area contributed by atoms with Crippen molar-refractivity contribution >= 4 is 27.5 Å². The molecule has 7 heteroatoms. The number of carbonyl (C=O) groups is 1. The Labute approximate surface area is 163 Å². The number of sulfone groups is 1. The molecule has 1 aliphatic heterocycles. The number of amides is 1. The Kier molecular flexibility index (Phi) is 4.78. The summed E-state index contributed by atoms with van der Waals surface area (Å²) in [4.78, 5) is 13.1. The second-order valence-electron chi connectivity index (χ2n) is 7.10. The quantitative estimate of drug-likeness (QED) is 0.777. The third-order valence-electron chi connectivity index (χ3n) is 5.20. The number of hydrogen-bond acceptors (Lipinski definition) is 5. The number of rotatable bonds is 6. The molecule has 1 saturated heterocycles. The molecule has 27 heavy (non-hydrogen) atoms. The normalized spacial score (nSPS) is 23.7. The van der Waals surface area contributed by atoms with E-state index in [-0.39, 0.29) is 17.3 Å². The summed E-state index contributed by atoms with van der Waals surface area (Å²) in [7, 11) is -3.70. The summed E-state index contributed by atoms with van der Waals surface area (Å²) in [6.45, 7) is 0.785. The molecule has 2 aliphatic rings. The van der Waals surface area contributed by atoms with Crippen molar-refractivity contribution in [2.45, 2.75) is 38.7 Å². The lowest BCUT2D eigenvalue weighted by Gasteiger charge is -2.31. The van der Waals surface area contributed by atoms with Crippen LogP contribution >= 0.6 is 11.8 Å². The van der Waals surface area contributed by atoms with E-state index in [1.807, 2.05) is 30.3 Å². The van der Waals surface area contributed by atoms with E-state index in [2.05, 4.69) is 10.6 Å². The lowest BCUT2D eigenvalue weighted by atomic mass is 10.2. The van der Waals surface area contributed by atoms with Gasteiger partial charge in [-0.3, -0.25) is 4.79 Å². The molecular weight excluding hydrogens is 380 g/mol. The highest BCUT2D eigenvalue weighted by Gasteiger charge is 2.56. The van der Waals surface area contributed by atoms with Gasteiger partial charge in [0.05, 0.1) is 9.64 Å². The summed E-state index contributed by atoms with van der Waals surface area (Å²) in [5.41, 5.74) is 0. The Morgan fingerprint density at radius 2 is 1.59 bits per heavy atom. The molecule has 0 bridgehead atoms. The molecule has 0 aromatic heterocycles. The van der Waals surface area contributed by atoms with Gasteiger partial charge in [0.25, 0.3) is 0 Å². The van der Waals surface area contributed by atoms with Gasteiger partial charge >= 0.3 is 0 Å². The number of benzene rings is 2. The van der Waals surface area contributed by atoms with Gasteiger partial charge < -0.3 is 10.6 Å². The molecule has 0 unspecified atom stereocenters. The van der Waals surface area contributed by atoms with Crippen molar-refractivity contribution in [3.8, 4) is 0 Å². The summed E-state index contributed by atoms with van der Waals surface area (Å²) in [5, 5.41) is 6.06. The van der Waals surface area contributed by atoms with E-state index in [4.69, 9.17) is 0 Å². The standard InChI is InChI=1S/C20H22N2O3S2/c23-18(19(11-12-19)26-16-7-3-1-4-8-16)22-20(13-14-21-15-20)27(24,25)17-9-5-2-6-10-17/h1-10,21H,11-15H2,(H,22,23)/t20-/m1/s1. The van der Waals surface area contributed by atoms with Gasteiger partial charge in [0.2, 0.25) is 15.7 Å². The van der Waals surface area contributed by atoms with E-state index >= 15 is 0 Å². The maximum absolute atomic E-state index is 13.3. The highest BCUT2D eigenvalue weighted by molar-refractivity contribution is 8.01. The Morgan fingerprint density at radius 1 is 0.963 bits per heavy atom. The van der Waals surface area contributed by atoms with Crippen LogP contribution in [0.3, 0.4) is 0 Å². The summed E-state index contributed by atoms with van der Waals surface area (Å²) in [6.07, 6.45) is 1.88. The zero-order valence-corrected chi connectivity index (χ0v) is 16.5. The predicted octanol–water partition coefficient (Wildman–Crippen LogP) is 2.59. The maximum Gasteiger partial charge on any atom is 0.237 e. The fourth-order valence-corrected chi connectivity index (χ4v) is 6.47. The molecule has 1 saturated carbocycles. The molecule has 1 atom stereocenters. The van der Waals surface area contributed by atoms with Crippen molar-refractivity contribution in [2.75, 3.05) is 13.1 Å². The lowest BCUT2D eigenvalue weighted by Crippen LogP contribution is -2.58. The Balaban J connectivity index is 1.60. The minimum absolute atomic E-state index is 0.181. The Bertz CT molecular complexity index is 920. The SMILES string of the molecule is O=C(N[C@@]1(S(=O)(=O)c2ccccc2)CCNC1)C1(Sc2ccccc2)CC1. The Hall–Kier alpha value is -1.83. The van der Waals surface area contributed by atoms with Gasteiger partial charge in [-0.1, -0.05) is 36.4 Å². The smallest absolute Gasteiger partial charge is 0.237 e. The van der Waals surface area contributed by atoms with E-state index in [9.17, 15) is 13.2 Å². The highest BCUT2D eigenvalue weighted by atomic mass is 32.2. The molecule has 4 rings (SSSR count). The first-order chi connectivity index (χ1) is 13.0. The number of thioether (sulfide) groups is 1. The van der Waals surface area contributed by atoms with Crippen LogP contribution in [0.5, 0.6) is 0 Å². The van der Waals surface area contributed by atoms with E-state index in [0.717, 1.165) is 17.7 Å². The molecule has 1 heterocycles. The fourth-order valence-electron chi connectivity index (χ4n) is 3.42. The van der Waals surface area contributed by atoms with Crippen LogP contribution in [0.25, 0.3) is 0 Å². The highest BCUT2D eigenvalue weighted by Crippen LogP contribution is 2.52. The average molecular weight is 403 g/mol. The monoisotopic (exact) mass is 402 g/mol. The zero-order valence-electron chi connectivity index (χ0n) is 14.9. The number of hydrogen-bond donors (Lipinski definition) is 2. The van der Waals surface area contributed by atoms with Crippen LogP contribution in [-0.4, -0.2) is 37.0 Å². The van der Waals surface area contributed by atoms with Crippen LogP contribution in [0.15, 0.2) is 70.5 Å². The first-order valence-electron chi connectivity index (χ1n) is 9.05. The van der Waals surface area contributed by atoms with E-state index in [1.54, 1.807) is 30.3 Å². The van der Waals surface area contributed by atoms with Crippen molar-refractivity contribution in [1.82, 2.24) is 10.6 Å². The van der Waals surface area contributed by atoms with Gasteiger partial charge in [0, 0.05) is 11.4 Å². The van der Waals surface area contributed by atoms with Crippen molar-refractivity contribution in [1.29, 1.82) is 0 Å². The van der Waals surface area contributed by atoms with Crippen LogP contribution in [0.1, 0.15) is 19.3 Å². The topological polar surface area (TPSA) is 75.3 Å². The number of carbonyl (C=O) groups excluding carboxylic acids is 1. The molecule has 5 nitrogen and oxygen atoms in total. The molecule has 0 spiro atoms. The summed E-state index contributed by atoms with van der Waals surface area (Å²) < 4.78 is 26.1. The van der Waals surface area contributed by atoms with E-state index < -0.39 is 19.5 Å². The minimum atomic E-state index is -3.70. The molecule has 2 aromatic rings. The average Bonchev–Trinajstić information content (AvgIpc) is 3.31. The van der Waals surface area contributed by atoms with Crippen LogP contribution in [-0.2, 0) is 14.6 Å². The van der Waals surface area contributed by atoms with Crippen molar-refractivity contribution in [3.63, 3.8) is 0 Å². The van der Waals surface area contributed by atoms with Crippen LogP contribution in [0.4, 0.5) is 0 Å². The van der Waals surface area contributed by atoms with Crippen LogP contribution in [0.2, 0.25) is 0 Å². The van der Waals surface area contributed by atoms with Gasteiger partial charge in [-0.05, 0) is 50.1 Å². The van der Waals surface area contributed by atoms with Gasteiger partial charge in [0.15, 0.2) is 4.87 Å². The van der Waals surface area contributed by atoms with Crippen molar-refractivity contribution in [3.05, 3.63) is 60.7 Å². The molecular formula is C20H22N2O3S2. The first kappa shape index (κ1) is 18.5. The van der Waals surface area contributed by atoms with Gasteiger partial charge in [-0.15, -0.1) is 11.8 Å². The molecule has 2 fully saturated rings. The largest absolute Gasteiger partial charge is 0.334 e. The maximum atomic E-state index is 13.3. The third-order valence-corrected chi connectivity index (χ3v) is 9.06. The second-order valence-corrected chi connectivity index (χ2v) is 10.8. The van der Waals surface area contributed by atoms with Crippen molar-refractivity contribution < 1.29 is 13.2 Å². The molecule has 142 valence electrons. The molecule has 2 N–H and O–H groups in total. The molecule has 2 aromatic carbocycles. The van der Waals surface area contributed by atoms with Crippen LogP contribution < -0.4 is 10.6 Å². The van der Waals surface area contributed by atoms with Gasteiger partial charge in [0.1, 0.15) is 0 Å². The third kappa shape index (κ3) is 3.39.